The quantitative estimate of drug-likeness (QED) is 0.164. The summed E-state index contributed by atoms with van der Waals surface area (Å²) < 4.78 is 86.1. The third-order valence-corrected chi connectivity index (χ3v) is 3.55. The van der Waals surface area contributed by atoms with E-state index in [1.165, 1.54) is 0 Å². The SMILES string of the molecule is O=C=NC(=O)c1cc(C(F)(F)F)ccc1N(SC(F)(Cl)Cl)C(F)(F)F. The summed E-state index contributed by atoms with van der Waals surface area (Å²) in [6, 6.07) is 0.453. The van der Waals surface area contributed by atoms with Gasteiger partial charge in [0, 0.05) is 11.9 Å². The number of amides is 1. The third kappa shape index (κ3) is 6.07. The number of benzene rings is 1. The highest BCUT2D eigenvalue weighted by Gasteiger charge is 2.46. The molecule has 0 heterocycles. The fourth-order valence-electron chi connectivity index (χ4n) is 1.50. The Bertz CT molecular complexity index is 712. The molecule has 1 rings (SSSR count). The first-order chi connectivity index (χ1) is 11.2. The Morgan fingerprint density at radius 3 is 2.08 bits per heavy atom. The second-order valence-corrected chi connectivity index (χ2v) is 6.83. The van der Waals surface area contributed by atoms with Gasteiger partial charge in [-0.3, -0.25) is 4.79 Å². The monoisotopic (exact) mass is 430 g/mol. The number of nitrogens with zero attached hydrogens (tertiary/aromatic N) is 2. The second kappa shape index (κ2) is 7.40. The van der Waals surface area contributed by atoms with Gasteiger partial charge < -0.3 is 0 Å². The van der Waals surface area contributed by atoms with E-state index >= 15 is 0 Å². The molecule has 0 radical (unpaired) electrons. The van der Waals surface area contributed by atoms with Crippen LogP contribution in [0.4, 0.5) is 36.4 Å². The summed E-state index contributed by atoms with van der Waals surface area (Å²) in [7, 11) is 0. The molecule has 4 nitrogen and oxygen atoms in total. The van der Waals surface area contributed by atoms with E-state index in [2.05, 4.69) is 4.99 Å². The van der Waals surface area contributed by atoms with E-state index in [4.69, 9.17) is 23.2 Å². The standard InChI is InChI=1S/C11H3Cl2F7N2O2S/c12-10(13,17)25-22(11(18,19)20)7-2-1-5(9(14,15)16)3-6(7)8(24)21-4-23/h1-3H. The number of anilines is 1. The summed E-state index contributed by atoms with van der Waals surface area (Å²) in [5.74, 6) is -1.76. The summed E-state index contributed by atoms with van der Waals surface area (Å²) in [6.45, 7) is 0. The average molecular weight is 431 g/mol. The Morgan fingerprint density at radius 1 is 1.12 bits per heavy atom. The van der Waals surface area contributed by atoms with Crippen molar-refractivity contribution in [3.63, 3.8) is 0 Å². The van der Waals surface area contributed by atoms with E-state index in [0.29, 0.717) is 6.08 Å². The molecule has 0 atom stereocenters. The highest BCUT2D eigenvalue weighted by atomic mass is 35.5. The minimum atomic E-state index is -5.41. The number of carbonyl (C=O) groups is 1. The maximum absolute atomic E-state index is 13.2. The number of isocyanates is 1. The molecular weight excluding hydrogens is 428 g/mol. The van der Waals surface area contributed by atoms with Gasteiger partial charge in [-0.15, -0.1) is 18.2 Å². The van der Waals surface area contributed by atoms with Gasteiger partial charge in [-0.1, -0.05) is 23.2 Å². The average Bonchev–Trinajstić information content (AvgIpc) is 2.41. The first kappa shape index (κ1) is 21.6. The molecule has 0 saturated carbocycles. The van der Waals surface area contributed by atoms with Crippen LogP contribution in [0.2, 0.25) is 0 Å². The topological polar surface area (TPSA) is 49.7 Å². The van der Waals surface area contributed by atoms with Crippen LogP contribution in [-0.4, -0.2) is 22.2 Å². The van der Waals surface area contributed by atoms with E-state index in [-0.39, 0.29) is 18.2 Å². The van der Waals surface area contributed by atoms with E-state index < -0.39 is 55.4 Å². The van der Waals surface area contributed by atoms with E-state index in [9.17, 15) is 40.3 Å². The Labute approximate surface area is 148 Å². The Morgan fingerprint density at radius 2 is 1.68 bits per heavy atom. The van der Waals surface area contributed by atoms with Crippen LogP contribution in [0.15, 0.2) is 23.2 Å². The zero-order chi connectivity index (χ0) is 19.6. The van der Waals surface area contributed by atoms with Gasteiger partial charge in [-0.25, -0.2) is 9.10 Å². The predicted molar refractivity (Wildman–Crippen MR) is 75.6 cm³/mol. The minimum Gasteiger partial charge on any atom is -0.266 e. The molecule has 0 spiro atoms. The van der Waals surface area contributed by atoms with Gasteiger partial charge in [-0.2, -0.15) is 17.6 Å². The second-order valence-electron chi connectivity index (χ2n) is 4.04. The van der Waals surface area contributed by atoms with Crippen LogP contribution in [0.1, 0.15) is 15.9 Å². The van der Waals surface area contributed by atoms with Crippen molar-refractivity contribution in [2.75, 3.05) is 4.31 Å². The summed E-state index contributed by atoms with van der Waals surface area (Å²) in [5, 5.41) is 0. The maximum Gasteiger partial charge on any atom is 0.495 e. The molecule has 0 saturated heterocycles. The van der Waals surface area contributed by atoms with Crippen molar-refractivity contribution >= 4 is 52.8 Å². The van der Waals surface area contributed by atoms with Crippen molar-refractivity contribution < 1.29 is 40.3 Å². The normalized spacial score (nSPS) is 12.5. The first-order valence-corrected chi connectivity index (χ1v) is 7.16. The van der Waals surface area contributed by atoms with Gasteiger partial charge in [0.05, 0.1) is 16.8 Å². The molecule has 14 heteroatoms. The summed E-state index contributed by atoms with van der Waals surface area (Å²) in [4.78, 5) is 24.1. The molecule has 0 aliphatic carbocycles. The van der Waals surface area contributed by atoms with Crippen LogP contribution in [-0.2, 0) is 11.0 Å². The van der Waals surface area contributed by atoms with Gasteiger partial charge >= 0.3 is 16.4 Å². The molecule has 138 valence electrons. The number of hydrogen-bond donors (Lipinski definition) is 0. The fraction of sp³-hybridized carbons (Fsp3) is 0.273. The molecule has 0 unspecified atom stereocenters. The van der Waals surface area contributed by atoms with E-state index in [0.717, 1.165) is 0 Å². The van der Waals surface area contributed by atoms with Crippen molar-refractivity contribution in [2.24, 2.45) is 4.99 Å². The predicted octanol–water partition coefficient (Wildman–Crippen LogP) is 5.21. The molecule has 0 N–H and O–H groups in total. The molecule has 1 aromatic carbocycles. The van der Waals surface area contributed by atoms with Crippen LogP contribution >= 0.6 is 35.1 Å². The fourth-order valence-corrected chi connectivity index (χ4v) is 2.49. The van der Waals surface area contributed by atoms with Crippen LogP contribution in [0, 0.1) is 0 Å². The smallest absolute Gasteiger partial charge is 0.266 e. The van der Waals surface area contributed by atoms with Gasteiger partial charge in [0.2, 0.25) is 6.08 Å². The van der Waals surface area contributed by atoms with Crippen LogP contribution in [0.25, 0.3) is 0 Å². The largest absolute Gasteiger partial charge is 0.495 e. The lowest BCUT2D eigenvalue weighted by atomic mass is 10.1. The van der Waals surface area contributed by atoms with Gasteiger partial charge in [0.25, 0.3) is 5.91 Å². The van der Waals surface area contributed by atoms with Crippen molar-refractivity contribution in [1.29, 1.82) is 0 Å². The molecule has 0 bridgehead atoms. The van der Waals surface area contributed by atoms with Crippen molar-refractivity contribution in [2.45, 2.75) is 16.4 Å². The summed E-state index contributed by atoms with van der Waals surface area (Å²) in [5.41, 5.74) is -4.06. The van der Waals surface area contributed by atoms with E-state index in [1.54, 1.807) is 0 Å². The number of alkyl halides is 9. The molecule has 1 aromatic rings. The third-order valence-electron chi connectivity index (χ3n) is 2.35. The molecule has 0 aliphatic rings. The highest BCUT2D eigenvalue weighted by molar-refractivity contribution is 8.04. The molecule has 0 aliphatic heterocycles. The van der Waals surface area contributed by atoms with Gasteiger partial charge in [0.15, 0.2) is 0 Å². The maximum atomic E-state index is 13.2. The van der Waals surface area contributed by atoms with Crippen molar-refractivity contribution in [1.82, 2.24) is 0 Å². The zero-order valence-corrected chi connectivity index (χ0v) is 13.6. The summed E-state index contributed by atoms with van der Waals surface area (Å²) in [6.07, 6.45) is -9.74. The number of carbonyl (C=O) groups excluding carboxylic acids is 2. The number of halogens is 9. The van der Waals surface area contributed by atoms with Gasteiger partial charge in [-0.05, 0) is 18.2 Å². The molecule has 25 heavy (non-hydrogen) atoms. The van der Waals surface area contributed by atoms with Crippen LogP contribution in [0.3, 0.4) is 0 Å². The lowest BCUT2D eigenvalue weighted by molar-refractivity contribution is -0.137. The van der Waals surface area contributed by atoms with Crippen LogP contribution in [0.5, 0.6) is 0 Å². The number of aliphatic imine (C=N–C) groups is 1. The molecule has 0 fully saturated rings. The lowest BCUT2D eigenvalue weighted by Crippen LogP contribution is -2.35. The van der Waals surface area contributed by atoms with Crippen molar-refractivity contribution in [3.05, 3.63) is 29.3 Å². The van der Waals surface area contributed by atoms with Crippen molar-refractivity contribution in [3.8, 4) is 0 Å². The number of rotatable bonds is 4. The lowest BCUT2D eigenvalue weighted by Gasteiger charge is -2.28. The number of hydrogen-bond acceptors (Lipinski definition) is 4. The Balaban J connectivity index is 3.64. The van der Waals surface area contributed by atoms with E-state index in [1.807, 2.05) is 0 Å². The highest BCUT2D eigenvalue weighted by Crippen LogP contribution is 2.47. The Hall–Kier alpha value is -1.49. The molecular formula is C11H3Cl2F7N2O2S. The van der Waals surface area contributed by atoms with Crippen LogP contribution < -0.4 is 4.31 Å². The summed E-state index contributed by atoms with van der Waals surface area (Å²) >= 11 is 8.82. The molecule has 0 aromatic heterocycles. The van der Waals surface area contributed by atoms with Gasteiger partial charge in [0.1, 0.15) is 0 Å². The first-order valence-electron chi connectivity index (χ1n) is 5.63. The molecule has 1 amide bonds. The zero-order valence-electron chi connectivity index (χ0n) is 11.3. The Kier molecular flexibility index (Phi) is 6.38. The minimum absolute atomic E-state index is 0.0141.